The molecule has 0 unspecified atom stereocenters. The van der Waals surface area contributed by atoms with E-state index in [4.69, 9.17) is 15.3 Å². The first-order valence-electron chi connectivity index (χ1n) is 6.50. The van der Waals surface area contributed by atoms with Crippen LogP contribution in [0.3, 0.4) is 0 Å². The molecular formula is C12H20N2O8. The Bertz CT molecular complexity index is 412. The zero-order chi connectivity index (χ0) is 17.1. The summed E-state index contributed by atoms with van der Waals surface area (Å²) in [7, 11) is 1.40. The summed E-state index contributed by atoms with van der Waals surface area (Å²) in [5.41, 5.74) is 0. The van der Waals surface area contributed by atoms with Gasteiger partial charge < -0.3 is 30.3 Å². The SMILES string of the molecule is CN(CCCC[C@H](NC(=O)CO)C(=O)OCC(=O)O)C(=O)O. The molecule has 0 radical (unpaired) electrons. The Morgan fingerprint density at radius 2 is 1.82 bits per heavy atom. The van der Waals surface area contributed by atoms with Crippen LogP contribution < -0.4 is 5.32 Å². The molecule has 0 aromatic heterocycles. The minimum Gasteiger partial charge on any atom is -0.479 e. The van der Waals surface area contributed by atoms with Gasteiger partial charge in [-0.2, -0.15) is 0 Å². The van der Waals surface area contributed by atoms with E-state index < -0.39 is 43.2 Å². The molecule has 0 aliphatic carbocycles. The van der Waals surface area contributed by atoms with Crippen molar-refractivity contribution in [3.8, 4) is 0 Å². The minimum atomic E-state index is -1.33. The predicted molar refractivity (Wildman–Crippen MR) is 72.1 cm³/mol. The summed E-state index contributed by atoms with van der Waals surface area (Å²) in [6.07, 6.45) is -0.0973. The Kier molecular flexibility index (Phi) is 9.27. The van der Waals surface area contributed by atoms with Crippen LogP contribution in [0.2, 0.25) is 0 Å². The summed E-state index contributed by atoms with van der Waals surface area (Å²) in [4.78, 5) is 44.8. The van der Waals surface area contributed by atoms with Crippen LogP contribution in [-0.2, 0) is 19.1 Å². The predicted octanol–water partition coefficient (Wildman–Crippen LogP) is -1.13. The number of hydrogen-bond acceptors (Lipinski definition) is 6. The molecule has 22 heavy (non-hydrogen) atoms. The van der Waals surface area contributed by atoms with Crippen LogP contribution in [0.1, 0.15) is 19.3 Å². The average Bonchev–Trinajstić information content (AvgIpc) is 2.46. The van der Waals surface area contributed by atoms with E-state index >= 15 is 0 Å². The molecule has 0 bridgehead atoms. The first kappa shape index (κ1) is 19.6. The monoisotopic (exact) mass is 320 g/mol. The molecule has 0 saturated carbocycles. The van der Waals surface area contributed by atoms with Crippen LogP contribution in [0.25, 0.3) is 0 Å². The number of carboxylic acids is 1. The Morgan fingerprint density at radius 1 is 1.18 bits per heavy atom. The summed E-state index contributed by atoms with van der Waals surface area (Å²) in [5.74, 6) is -3.04. The van der Waals surface area contributed by atoms with Gasteiger partial charge in [0.15, 0.2) is 6.61 Å². The lowest BCUT2D eigenvalue weighted by molar-refractivity contribution is -0.157. The Balaban J connectivity index is 4.34. The second kappa shape index (κ2) is 10.4. The van der Waals surface area contributed by atoms with Gasteiger partial charge in [-0.05, 0) is 19.3 Å². The minimum absolute atomic E-state index is 0.137. The first-order chi connectivity index (χ1) is 10.3. The topological polar surface area (TPSA) is 153 Å². The van der Waals surface area contributed by atoms with Crippen molar-refractivity contribution in [1.29, 1.82) is 0 Å². The molecule has 10 heteroatoms. The van der Waals surface area contributed by atoms with Gasteiger partial charge in [-0.3, -0.25) is 4.79 Å². The van der Waals surface area contributed by atoms with Gasteiger partial charge in [0, 0.05) is 13.6 Å². The molecule has 0 fully saturated rings. The van der Waals surface area contributed by atoms with Crippen molar-refractivity contribution in [2.75, 3.05) is 26.8 Å². The van der Waals surface area contributed by atoms with Crippen LogP contribution in [0.5, 0.6) is 0 Å². The first-order valence-corrected chi connectivity index (χ1v) is 6.50. The number of carbonyl (C=O) groups is 4. The molecule has 0 rings (SSSR count). The van der Waals surface area contributed by atoms with Crippen molar-refractivity contribution >= 4 is 23.9 Å². The molecule has 4 N–H and O–H groups in total. The summed E-state index contributed by atoms with van der Waals surface area (Å²) in [5, 5.41) is 28.0. The van der Waals surface area contributed by atoms with Gasteiger partial charge in [-0.1, -0.05) is 0 Å². The fourth-order valence-corrected chi connectivity index (χ4v) is 1.52. The van der Waals surface area contributed by atoms with E-state index in [0.29, 0.717) is 12.8 Å². The van der Waals surface area contributed by atoms with E-state index in [1.165, 1.54) is 7.05 Å². The van der Waals surface area contributed by atoms with Crippen LogP contribution in [-0.4, -0.2) is 77.0 Å². The largest absolute Gasteiger partial charge is 0.479 e. The lowest BCUT2D eigenvalue weighted by Crippen LogP contribution is -2.43. The number of nitrogens with one attached hydrogen (secondary N) is 1. The normalized spacial score (nSPS) is 11.4. The molecule has 0 saturated heterocycles. The van der Waals surface area contributed by atoms with Gasteiger partial charge >= 0.3 is 18.0 Å². The second-order valence-electron chi connectivity index (χ2n) is 4.48. The van der Waals surface area contributed by atoms with Gasteiger partial charge in [0.05, 0.1) is 0 Å². The van der Waals surface area contributed by atoms with E-state index in [1.807, 2.05) is 0 Å². The molecule has 2 amide bonds. The number of aliphatic hydroxyl groups is 1. The van der Waals surface area contributed by atoms with E-state index in [1.54, 1.807) is 0 Å². The van der Waals surface area contributed by atoms with E-state index in [-0.39, 0.29) is 13.0 Å². The third-order valence-corrected chi connectivity index (χ3v) is 2.66. The summed E-state index contributed by atoms with van der Waals surface area (Å²) in [6, 6.07) is -1.09. The third kappa shape index (κ3) is 8.74. The maximum absolute atomic E-state index is 11.6. The molecule has 10 nitrogen and oxygen atoms in total. The van der Waals surface area contributed by atoms with Gasteiger partial charge in [0.1, 0.15) is 12.6 Å². The maximum atomic E-state index is 11.6. The van der Waals surface area contributed by atoms with Crippen molar-refractivity contribution < 1.29 is 39.2 Å². The number of esters is 1. The highest BCUT2D eigenvalue weighted by Gasteiger charge is 2.22. The van der Waals surface area contributed by atoms with Crippen molar-refractivity contribution in [2.24, 2.45) is 0 Å². The molecule has 0 aromatic rings. The number of rotatable bonds is 10. The number of carboxylic acid groups (broad SMARTS) is 2. The summed E-state index contributed by atoms with van der Waals surface area (Å²) < 4.78 is 4.49. The fraction of sp³-hybridized carbons (Fsp3) is 0.667. The standard InChI is InChI=1S/C12H20N2O8/c1-14(12(20)21)5-3-2-4-8(13-9(16)6-15)11(19)22-7-10(17)18/h8,15H,2-7H2,1H3,(H,13,16)(H,17,18)(H,20,21)/t8-/m0/s1. The summed E-state index contributed by atoms with van der Waals surface area (Å²) in [6.45, 7) is -1.39. The Hall–Kier alpha value is -2.36. The molecule has 0 heterocycles. The van der Waals surface area contributed by atoms with Crippen LogP contribution in [0.15, 0.2) is 0 Å². The molecule has 0 spiro atoms. The van der Waals surface area contributed by atoms with Crippen molar-refractivity contribution in [2.45, 2.75) is 25.3 Å². The van der Waals surface area contributed by atoms with Gasteiger partial charge in [-0.25, -0.2) is 14.4 Å². The van der Waals surface area contributed by atoms with E-state index in [2.05, 4.69) is 10.1 Å². The zero-order valence-electron chi connectivity index (χ0n) is 12.2. The number of aliphatic hydroxyl groups excluding tert-OH is 1. The third-order valence-electron chi connectivity index (χ3n) is 2.66. The number of unbranched alkanes of at least 4 members (excludes halogenated alkanes) is 1. The highest BCUT2D eigenvalue weighted by atomic mass is 16.6. The number of carbonyl (C=O) groups excluding carboxylic acids is 2. The lowest BCUT2D eigenvalue weighted by Gasteiger charge is -2.17. The smallest absolute Gasteiger partial charge is 0.407 e. The summed E-state index contributed by atoms with van der Waals surface area (Å²) >= 11 is 0. The maximum Gasteiger partial charge on any atom is 0.407 e. The number of nitrogens with zero attached hydrogens (tertiary/aromatic N) is 1. The fourth-order valence-electron chi connectivity index (χ4n) is 1.52. The molecular weight excluding hydrogens is 300 g/mol. The number of ether oxygens (including phenoxy) is 1. The Labute approximate surface area is 126 Å². The molecule has 0 aliphatic heterocycles. The van der Waals surface area contributed by atoms with Crippen LogP contribution in [0.4, 0.5) is 4.79 Å². The number of amides is 2. The quantitative estimate of drug-likeness (QED) is 0.291. The van der Waals surface area contributed by atoms with E-state index in [9.17, 15) is 19.2 Å². The van der Waals surface area contributed by atoms with Crippen LogP contribution >= 0.6 is 0 Å². The molecule has 0 aliphatic rings. The highest BCUT2D eigenvalue weighted by molar-refractivity contribution is 5.85. The van der Waals surface area contributed by atoms with Gasteiger partial charge in [-0.15, -0.1) is 0 Å². The highest BCUT2D eigenvalue weighted by Crippen LogP contribution is 2.05. The molecule has 126 valence electrons. The van der Waals surface area contributed by atoms with Gasteiger partial charge in [0.25, 0.3) is 0 Å². The number of aliphatic carboxylic acids is 1. The van der Waals surface area contributed by atoms with E-state index in [0.717, 1.165) is 4.90 Å². The molecule has 1 atom stereocenters. The second-order valence-corrected chi connectivity index (χ2v) is 4.48. The van der Waals surface area contributed by atoms with Crippen molar-refractivity contribution in [3.05, 3.63) is 0 Å². The molecule has 0 aromatic carbocycles. The average molecular weight is 320 g/mol. The van der Waals surface area contributed by atoms with Gasteiger partial charge in [0.2, 0.25) is 5.91 Å². The van der Waals surface area contributed by atoms with Crippen molar-refractivity contribution in [1.82, 2.24) is 10.2 Å². The number of hydrogen-bond donors (Lipinski definition) is 4. The zero-order valence-corrected chi connectivity index (χ0v) is 12.2. The van der Waals surface area contributed by atoms with Crippen LogP contribution in [0, 0.1) is 0 Å². The Morgan fingerprint density at radius 3 is 2.32 bits per heavy atom. The van der Waals surface area contributed by atoms with Crippen molar-refractivity contribution in [3.63, 3.8) is 0 Å². The lowest BCUT2D eigenvalue weighted by atomic mass is 10.1.